The smallest absolute Gasteiger partial charge is 0.490 e. The number of aliphatic carboxylic acids is 1. The zero-order valence-electron chi connectivity index (χ0n) is 31.9. The standard InChI is InChI=1S/C41H45ClN6O2.C2HF3O2/c1-49-37-22-29-13-16-47(41(28-9-4-3-5-10-28)34(29)24-38(37)50-2)17-14-32-25-48(46-45-32)15-7-6-8-26-18-27-20-30(19-26)39-36(21-27)44-35-23-31(42)11-12-33(35)40(39)43;3-2(4,5)1(6)7/h3-5,9-12,18,22-25,27,30,41H,6-8,13-17,19-21H2,1-2H3,(H2,43,44);(H,6,7). The normalized spacial score (nSPS) is 18.8. The van der Waals surface area contributed by atoms with E-state index >= 15 is 0 Å². The van der Waals surface area contributed by atoms with Crippen molar-refractivity contribution in [3.05, 3.63) is 117 Å². The van der Waals surface area contributed by atoms with Gasteiger partial charge in [-0.1, -0.05) is 58.8 Å². The quantitative estimate of drug-likeness (QED) is 0.0995. The zero-order valence-corrected chi connectivity index (χ0v) is 32.7. The number of hydrogen-bond donors (Lipinski definition) is 2. The molecule has 0 radical (unpaired) electrons. The molecule has 5 aromatic rings. The molecule has 3 aliphatic rings. The number of hydrogen-bond acceptors (Lipinski definition) is 8. The molecule has 300 valence electrons. The Hall–Kier alpha value is -5.14. The number of aromatic nitrogens is 4. The Balaban J connectivity index is 0.000000651. The lowest BCUT2D eigenvalue weighted by atomic mass is 9.70. The molecule has 2 aliphatic carbocycles. The van der Waals surface area contributed by atoms with E-state index in [-0.39, 0.29) is 6.04 Å². The van der Waals surface area contributed by atoms with E-state index in [9.17, 15) is 13.2 Å². The minimum atomic E-state index is -5.08. The monoisotopic (exact) mass is 802 g/mol. The molecule has 3 heterocycles. The number of ether oxygens (including phenoxy) is 2. The molecular formula is C43H46ClF3N6O4. The number of anilines is 1. The number of fused-ring (bicyclic) bond motifs is 6. The van der Waals surface area contributed by atoms with Crippen LogP contribution in [0.2, 0.25) is 5.02 Å². The number of alkyl halides is 3. The van der Waals surface area contributed by atoms with Crippen molar-refractivity contribution < 1.29 is 32.5 Å². The number of nitrogens with two attached hydrogens (primary N) is 1. The summed E-state index contributed by atoms with van der Waals surface area (Å²) in [5, 5.41) is 17.9. The fourth-order valence-electron chi connectivity index (χ4n) is 8.68. The second kappa shape index (κ2) is 17.2. The molecule has 0 fully saturated rings. The van der Waals surface area contributed by atoms with E-state index in [1.165, 1.54) is 28.7 Å². The fraction of sp³-hybridized carbons (Fsp3) is 0.395. The molecule has 3 atom stereocenters. The molecule has 0 saturated carbocycles. The summed E-state index contributed by atoms with van der Waals surface area (Å²) < 4.78 is 45.1. The summed E-state index contributed by atoms with van der Waals surface area (Å²) in [6.45, 7) is 2.75. The Morgan fingerprint density at radius 1 is 1.00 bits per heavy atom. The summed E-state index contributed by atoms with van der Waals surface area (Å²) in [7, 11) is 3.41. The van der Waals surface area contributed by atoms with Crippen molar-refractivity contribution >= 4 is 34.2 Å². The van der Waals surface area contributed by atoms with Crippen LogP contribution in [0.1, 0.15) is 77.7 Å². The van der Waals surface area contributed by atoms with Crippen molar-refractivity contribution in [3.8, 4) is 11.5 Å². The number of halogens is 4. The van der Waals surface area contributed by atoms with Crippen LogP contribution in [0.15, 0.2) is 78.5 Å². The summed E-state index contributed by atoms with van der Waals surface area (Å²) in [4.78, 5) is 16.5. The van der Waals surface area contributed by atoms with Crippen molar-refractivity contribution in [2.75, 3.05) is 33.0 Å². The second-order valence-corrected chi connectivity index (χ2v) is 15.4. The maximum atomic E-state index is 10.6. The van der Waals surface area contributed by atoms with Gasteiger partial charge in [0.15, 0.2) is 11.5 Å². The van der Waals surface area contributed by atoms with E-state index in [0.29, 0.717) is 16.9 Å². The van der Waals surface area contributed by atoms with Gasteiger partial charge < -0.3 is 20.3 Å². The van der Waals surface area contributed by atoms with E-state index in [4.69, 9.17) is 41.7 Å². The van der Waals surface area contributed by atoms with Gasteiger partial charge in [-0.25, -0.2) is 4.79 Å². The molecule has 3 unspecified atom stereocenters. The molecule has 0 amide bonds. The number of unbranched alkanes of at least 4 members (excludes halogenated alkanes) is 1. The van der Waals surface area contributed by atoms with Crippen molar-refractivity contribution in [2.45, 2.75) is 76.0 Å². The molecule has 8 rings (SSSR count). The van der Waals surface area contributed by atoms with Crippen LogP contribution in [0.3, 0.4) is 0 Å². The van der Waals surface area contributed by atoms with E-state index in [2.05, 4.69) is 69.9 Å². The van der Waals surface area contributed by atoms with Crippen LogP contribution >= 0.6 is 11.6 Å². The van der Waals surface area contributed by atoms with E-state index < -0.39 is 12.1 Å². The number of carboxylic acid groups (broad SMARTS) is 1. The molecule has 0 saturated heterocycles. The fourth-order valence-corrected chi connectivity index (χ4v) is 8.85. The summed E-state index contributed by atoms with van der Waals surface area (Å²) in [5.41, 5.74) is 17.5. The van der Waals surface area contributed by atoms with Gasteiger partial charge in [0.05, 0.1) is 31.5 Å². The van der Waals surface area contributed by atoms with Crippen molar-refractivity contribution in [2.24, 2.45) is 5.92 Å². The summed E-state index contributed by atoms with van der Waals surface area (Å²) >= 11 is 6.26. The number of benzene rings is 3. The molecule has 1 aliphatic heterocycles. The van der Waals surface area contributed by atoms with Crippen LogP contribution in [0.4, 0.5) is 18.9 Å². The molecule has 14 heteroatoms. The number of carboxylic acids is 1. The minimum Gasteiger partial charge on any atom is -0.493 e. The van der Waals surface area contributed by atoms with E-state index in [0.717, 1.165) is 104 Å². The SMILES string of the molecule is COc1cc2c(cc1OC)C(c1ccccc1)N(CCc1cn(CCCCC3=CC4Cc5nc6cc(Cl)ccc6c(N)c5C(C3)C4)nn1)CC2.O=C(O)C(F)(F)F. The van der Waals surface area contributed by atoms with Gasteiger partial charge in [-0.3, -0.25) is 14.6 Å². The first kappa shape index (κ1) is 40.1. The average Bonchev–Trinajstić information content (AvgIpc) is 3.65. The van der Waals surface area contributed by atoms with Crippen LogP contribution in [0, 0.1) is 5.92 Å². The van der Waals surface area contributed by atoms with Gasteiger partial charge in [0.2, 0.25) is 0 Å². The second-order valence-electron chi connectivity index (χ2n) is 15.0. The predicted molar refractivity (Wildman–Crippen MR) is 213 cm³/mol. The Kier molecular flexibility index (Phi) is 12.1. The van der Waals surface area contributed by atoms with Crippen LogP contribution in [-0.4, -0.2) is 69.4 Å². The Morgan fingerprint density at radius 2 is 1.75 bits per heavy atom. The number of nitrogen functional groups attached to an aromatic ring is 1. The van der Waals surface area contributed by atoms with Crippen molar-refractivity contribution in [1.29, 1.82) is 0 Å². The van der Waals surface area contributed by atoms with Crippen LogP contribution in [0.5, 0.6) is 11.5 Å². The van der Waals surface area contributed by atoms with Crippen LogP contribution < -0.4 is 15.2 Å². The molecule has 3 N–H and O–H groups in total. The lowest BCUT2D eigenvalue weighted by Crippen LogP contribution is -2.37. The first-order valence-corrected chi connectivity index (χ1v) is 19.6. The summed E-state index contributed by atoms with van der Waals surface area (Å²) in [6.07, 6.45) is 7.94. The number of rotatable bonds is 11. The lowest BCUT2D eigenvalue weighted by Gasteiger charge is -2.38. The zero-order chi connectivity index (χ0) is 40.3. The summed E-state index contributed by atoms with van der Waals surface area (Å²) in [5.74, 6) is -0.208. The van der Waals surface area contributed by atoms with Gasteiger partial charge in [-0.05, 0) is 104 Å². The molecule has 57 heavy (non-hydrogen) atoms. The van der Waals surface area contributed by atoms with Gasteiger partial charge in [0, 0.05) is 59.6 Å². The third-order valence-corrected chi connectivity index (χ3v) is 11.5. The largest absolute Gasteiger partial charge is 0.493 e. The van der Waals surface area contributed by atoms with Crippen molar-refractivity contribution in [1.82, 2.24) is 24.9 Å². The summed E-state index contributed by atoms with van der Waals surface area (Å²) in [6, 6.07) is 21.1. The minimum absolute atomic E-state index is 0.142. The van der Waals surface area contributed by atoms with Gasteiger partial charge in [0.1, 0.15) is 0 Å². The van der Waals surface area contributed by atoms with Crippen molar-refractivity contribution in [3.63, 3.8) is 0 Å². The van der Waals surface area contributed by atoms with Crippen LogP contribution in [0.25, 0.3) is 10.9 Å². The predicted octanol–water partition coefficient (Wildman–Crippen LogP) is 8.75. The highest BCUT2D eigenvalue weighted by molar-refractivity contribution is 6.31. The van der Waals surface area contributed by atoms with Gasteiger partial charge >= 0.3 is 12.1 Å². The number of aryl methyl sites for hydroxylation is 1. The van der Waals surface area contributed by atoms with Gasteiger partial charge in [0.25, 0.3) is 0 Å². The Morgan fingerprint density at radius 3 is 2.49 bits per heavy atom. The van der Waals surface area contributed by atoms with E-state index in [1.54, 1.807) is 19.8 Å². The maximum Gasteiger partial charge on any atom is 0.490 e. The average molecular weight is 803 g/mol. The number of carbonyl (C=O) groups is 1. The Labute approximate surface area is 334 Å². The van der Waals surface area contributed by atoms with Crippen LogP contribution in [-0.2, 0) is 30.6 Å². The first-order valence-electron chi connectivity index (χ1n) is 19.2. The molecule has 0 spiro atoms. The highest BCUT2D eigenvalue weighted by Crippen LogP contribution is 2.47. The maximum absolute atomic E-state index is 10.6. The van der Waals surface area contributed by atoms with Gasteiger partial charge in [-0.15, -0.1) is 5.10 Å². The number of allylic oxidation sites excluding steroid dienone is 2. The third kappa shape index (κ3) is 9.05. The Bertz CT molecular complexity index is 2260. The number of methoxy groups -OCH3 is 2. The molecule has 3 aromatic carbocycles. The highest BCUT2D eigenvalue weighted by Gasteiger charge is 2.38. The molecule has 2 aromatic heterocycles. The molecule has 2 bridgehead atoms. The third-order valence-electron chi connectivity index (χ3n) is 11.2. The van der Waals surface area contributed by atoms with E-state index in [1.807, 2.05) is 22.9 Å². The first-order chi connectivity index (χ1) is 27.4. The molecular weight excluding hydrogens is 757 g/mol. The lowest BCUT2D eigenvalue weighted by molar-refractivity contribution is -0.192. The molecule has 10 nitrogen and oxygen atoms in total. The van der Waals surface area contributed by atoms with Gasteiger partial charge in [-0.2, -0.15) is 13.2 Å². The highest BCUT2D eigenvalue weighted by atomic mass is 35.5. The topological polar surface area (TPSA) is 129 Å². The number of nitrogens with zero attached hydrogens (tertiary/aromatic N) is 5. The number of pyridine rings is 1.